The molecule has 1 saturated carbocycles. The van der Waals surface area contributed by atoms with Crippen molar-refractivity contribution in [3.8, 4) is 17.0 Å². The number of carbonyl (C=O) groups excluding carboxylic acids is 1. The SMILES string of the molecule is C=CC(=O)N1CCN(c2nc(=O)n3c4nc(c(Cl)cc24)-c2c(F)cccc2OC2(C)CCCC[C@H]32)CC1. The number of piperazine rings is 1. The van der Waals surface area contributed by atoms with Crippen LogP contribution in [0.1, 0.15) is 38.6 Å². The molecule has 3 aliphatic rings. The molecule has 2 aliphatic heterocycles. The Kier molecular flexibility index (Phi) is 5.71. The van der Waals surface area contributed by atoms with Crippen LogP contribution in [-0.4, -0.2) is 57.1 Å². The lowest BCUT2D eigenvalue weighted by atomic mass is 9.81. The number of hydrogen-bond donors (Lipinski definition) is 0. The van der Waals surface area contributed by atoms with Gasteiger partial charge < -0.3 is 14.5 Å². The number of amides is 1. The second-order valence-electron chi connectivity index (χ2n) is 10.1. The van der Waals surface area contributed by atoms with Crippen molar-refractivity contribution in [1.29, 1.82) is 0 Å². The Morgan fingerprint density at radius 3 is 2.78 bits per heavy atom. The fourth-order valence-electron chi connectivity index (χ4n) is 5.96. The minimum Gasteiger partial charge on any atom is -0.485 e. The highest BCUT2D eigenvalue weighted by atomic mass is 35.5. The van der Waals surface area contributed by atoms with Crippen LogP contribution in [0.3, 0.4) is 0 Å². The summed E-state index contributed by atoms with van der Waals surface area (Å²) in [6.07, 6.45) is 4.57. The van der Waals surface area contributed by atoms with Crippen molar-refractivity contribution in [2.75, 3.05) is 31.1 Å². The van der Waals surface area contributed by atoms with E-state index >= 15 is 4.39 Å². The fraction of sp³-hybridized carbons (Fsp3) is 0.407. The van der Waals surface area contributed by atoms with Gasteiger partial charge >= 0.3 is 5.69 Å². The van der Waals surface area contributed by atoms with Crippen LogP contribution in [-0.2, 0) is 4.79 Å². The van der Waals surface area contributed by atoms with Gasteiger partial charge in [-0.15, -0.1) is 0 Å². The van der Waals surface area contributed by atoms with Gasteiger partial charge in [0.25, 0.3) is 0 Å². The zero-order chi connectivity index (χ0) is 25.9. The number of hydrogen-bond acceptors (Lipinski definition) is 6. The van der Waals surface area contributed by atoms with Crippen molar-refractivity contribution in [2.45, 2.75) is 44.2 Å². The van der Waals surface area contributed by atoms with E-state index in [4.69, 9.17) is 21.3 Å². The predicted octanol–water partition coefficient (Wildman–Crippen LogP) is 4.35. The van der Waals surface area contributed by atoms with Crippen LogP contribution in [0.4, 0.5) is 10.2 Å². The molecule has 10 heteroatoms. The van der Waals surface area contributed by atoms with Gasteiger partial charge in [-0.2, -0.15) is 4.98 Å². The lowest BCUT2D eigenvalue weighted by Crippen LogP contribution is -2.50. The molecule has 4 heterocycles. The number of pyridine rings is 1. The zero-order valence-corrected chi connectivity index (χ0v) is 21.3. The average Bonchev–Trinajstić information content (AvgIpc) is 2.93. The molecular weight excluding hydrogens is 497 g/mol. The zero-order valence-electron chi connectivity index (χ0n) is 20.5. The lowest BCUT2D eigenvalue weighted by Gasteiger charge is -2.42. The highest BCUT2D eigenvalue weighted by molar-refractivity contribution is 6.34. The quantitative estimate of drug-likeness (QED) is 0.465. The van der Waals surface area contributed by atoms with E-state index in [0.29, 0.717) is 61.6 Å². The van der Waals surface area contributed by atoms with Gasteiger partial charge in [0.15, 0.2) is 0 Å². The summed E-state index contributed by atoms with van der Waals surface area (Å²) in [6.45, 7) is 7.47. The molecule has 6 rings (SSSR count). The van der Waals surface area contributed by atoms with Crippen LogP contribution in [0.5, 0.6) is 5.75 Å². The van der Waals surface area contributed by atoms with Gasteiger partial charge in [-0.05, 0) is 50.5 Å². The number of anilines is 1. The van der Waals surface area contributed by atoms with Gasteiger partial charge in [-0.3, -0.25) is 9.36 Å². The minimum absolute atomic E-state index is 0.127. The van der Waals surface area contributed by atoms with Gasteiger partial charge in [-0.1, -0.05) is 30.7 Å². The topological polar surface area (TPSA) is 80.6 Å². The van der Waals surface area contributed by atoms with Crippen molar-refractivity contribution < 1.29 is 13.9 Å². The first kappa shape index (κ1) is 23.9. The van der Waals surface area contributed by atoms with Crippen LogP contribution in [0, 0.1) is 5.82 Å². The molecule has 0 radical (unpaired) electrons. The van der Waals surface area contributed by atoms with Crippen LogP contribution >= 0.6 is 11.6 Å². The van der Waals surface area contributed by atoms with Crippen LogP contribution in [0.2, 0.25) is 5.02 Å². The first-order valence-electron chi connectivity index (χ1n) is 12.6. The van der Waals surface area contributed by atoms with Gasteiger partial charge in [0.1, 0.15) is 28.6 Å². The van der Waals surface area contributed by atoms with Crippen molar-refractivity contribution in [2.24, 2.45) is 0 Å². The first-order chi connectivity index (χ1) is 17.8. The molecule has 2 atom stereocenters. The van der Waals surface area contributed by atoms with Crippen molar-refractivity contribution >= 4 is 34.4 Å². The third kappa shape index (κ3) is 3.79. The van der Waals surface area contributed by atoms with E-state index in [1.165, 1.54) is 12.1 Å². The van der Waals surface area contributed by atoms with Gasteiger partial charge in [0.2, 0.25) is 5.91 Å². The van der Waals surface area contributed by atoms with E-state index in [0.717, 1.165) is 12.8 Å². The summed E-state index contributed by atoms with van der Waals surface area (Å²) in [4.78, 5) is 38.8. The first-order valence-corrected chi connectivity index (χ1v) is 13.0. The molecule has 3 aromatic rings. The normalized spacial score (nSPS) is 22.9. The second kappa shape index (κ2) is 8.83. The molecule has 0 spiro atoms. The molecule has 2 fully saturated rings. The highest BCUT2D eigenvalue weighted by Gasteiger charge is 2.43. The molecule has 37 heavy (non-hydrogen) atoms. The predicted molar refractivity (Wildman–Crippen MR) is 140 cm³/mol. The lowest BCUT2D eigenvalue weighted by molar-refractivity contribution is -0.126. The molecule has 1 unspecified atom stereocenters. The van der Waals surface area contributed by atoms with Gasteiger partial charge in [-0.25, -0.2) is 14.2 Å². The number of carbonyl (C=O) groups is 1. The number of aromatic nitrogens is 3. The number of rotatable bonds is 2. The average molecular weight is 524 g/mol. The van der Waals surface area contributed by atoms with Crippen molar-refractivity contribution in [3.63, 3.8) is 0 Å². The number of fused-ring (bicyclic) bond motifs is 5. The maximum absolute atomic E-state index is 15.3. The molecule has 1 saturated heterocycles. The van der Waals surface area contributed by atoms with Crippen LogP contribution in [0.25, 0.3) is 22.3 Å². The van der Waals surface area contributed by atoms with Crippen molar-refractivity contribution in [3.05, 3.63) is 58.2 Å². The van der Waals surface area contributed by atoms with E-state index in [1.54, 1.807) is 27.7 Å². The maximum atomic E-state index is 15.3. The van der Waals surface area contributed by atoms with E-state index in [9.17, 15) is 9.59 Å². The van der Waals surface area contributed by atoms with E-state index in [1.807, 2.05) is 11.8 Å². The highest BCUT2D eigenvalue weighted by Crippen LogP contribution is 2.47. The summed E-state index contributed by atoms with van der Waals surface area (Å²) in [5.74, 6) is 0.211. The molecule has 1 aliphatic carbocycles. The Hall–Kier alpha value is -3.46. The maximum Gasteiger partial charge on any atom is 0.351 e. The standard InChI is InChI=1S/C27H27ClFN5O3/c1-3-21(35)32-11-13-33(14-12-32)24-16-15-17(28)23-22-18(29)7-6-8-19(22)37-27(2)10-5-4-9-20(27)34(25(16)30-23)26(36)31-24/h3,6-8,15,20H,1,4-5,9-14H2,2H3/t20-,27?/m0/s1. The minimum atomic E-state index is -0.766. The Labute approximate surface area is 218 Å². The molecule has 192 valence electrons. The van der Waals surface area contributed by atoms with E-state index in [-0.39, 0.29) is 28.2 Å². The molecule has 1 amide bonds. The second-order valence-corrected chi connectivity index (χ2v) is 10.5. The smallest absolute Gasteiger partial charge is 0.351 e. The Balaban J connectivity index is 1.59. The molecule has 8 nitrogen and oxygen atoms in total. The summed E-state index contributed by atoms with van der Waals surface area (Å²) < 4.78 is 23.4. The summed E-state index contributed by atoms with van der Waals surface area (Å²) in [5, 5.41) is 0.857. The number of halogens is 2. The van der Waals surface area contributed by atoms with Crippen LogP contribution in [0.15, 0.2) is 41.7 Å². The Bertz CT molecular complexity index is 1500. The summed E-state index contributed by atoms with van der Waals surface area (Å²) >= 11 is 6.75. The van der Waals surface area contributed by atoms with Gasteiger partial charge in [0, 0.05) is 26.2 Å². The van der Waals surface area contributed by atoms with Gasteiger partial charge in [0.05, 0.1) is 27.7 Å². The fourth-order valence-corrected chi connectivity index (χ4v) is 6.21. The largest absolute Gasteiger partial charge is 0.485 e. The Morgan fingerprint density at radius 1 is 1.24 bits per heavy atom. The van der Waals surface area contributed by atoms with Crippen LogP contribution < -0.4 is 15.3 Å². The number of benzene rings is 1. The monoisotopic (exact) mass is 523 g/mol. The molecule has 1 aromatic carbocycles. The van der Waals surface area contributed by atoms with Crippen molar-refractivity contribution in [1.82, 2.24) is 19.4 Å². The summed E-state index contributed by atoms with van der Waals surface area (Å²) in [7, 11) is 0. The number of ether oxygens (including phenoxy) is 1. The molecule has 0 N–H and O–H groups in total. The third-order valence-corrected chi connectivity index (χ3v) is 8.16. The molecule has 2 bridgehead atoms. The molecule has 2 aromatic heterocycles. The summed E-state index contributed by atoms with van der Waals surface area (Å²) in [6, 6.07) is 6.08. The van der Waals surface area contributed by atoms with E-state index in [2.05, 4.69) is 11.6 Å². The number of nitrogens with zero attached hydrogens (tertiary/aromatic N) is 5. The molecular formula is C27H27ClFN5O3. The Morgan fingerprint density at radius 2 is 2.03 bits per heavy atom. The summed E-state index contributed by atoms with van der Waals surface area (Å²) in [5.41, 5.74) is -0.358. The third-order valence-electron chi connectivity index (χ3n) is 7.87. The van der Waals surface area contributed by atoms with E-state index < -0.39 is 17.1 Å².